The third-order valence-electron chi connectivity index (χ3n) is 3.72. The number of hydrogen-bond acceptors (Lipinski definition) is 3. The van der Waals surface area contributed by atoms with Crippen molar-refractivity contribution in [1.82, 2.24) is 0 Å². The van der Waals surface area contributed by atoms with Crippen LogP contribution in [0.3, 0.4) is 0 Å². The van der Waals surface area contributed by atoms with Crippen LogP contribution in [0.15, 0.2) is 66.7 Å². The summed E-state index contributed by atoms with van der Waals surface area (Å²) in [6.07, 6.45) is 0. The van der Waals surface area contributed by atoms with Crippen molar-refractivity contribution in [2.45, 2.75) is 6.92 Å². The molecule has 0 aliphatic heterocycles. The molecule has 0 radical (unpaired) electrons. The second kappa shape index (κ2) is 7.49. The number of nitrogens with one attached hydrogen (secondary N) is 3. The van der Waals surface area contributed by atoms with Gasteiger partial charge in [-0.25, -0.2) is 0 Å². The number of benzene rings is 3. The van der Waals surface area contributed by atoms with Crippen molar-refractivity contribution in [3.8, 4) is 0 Å². The quantitative estimate of drug-likeness (QED) is 0.664. The van der Waals surface area contributed by atoms with Gasteiger partial charge in [0.2, 0.25) is 11.8 Å². The maximum Gasteiger partial charge on any atom is 0.243 e. The van der Waals surface area contributed by atoms with E-state index in [1.54, 1.807) is 24.3 Å². The summed E-state index contributed by atoms with van der Waals surface area (Å²) < 4.78 is 0. The van der Waals surface area contributed by atoms with Gasteiger partial charge in [0.15, 0.2) is 0 Å². The summed E-state index contributed by atoms with van der Waals surface area (Å²) in [6.45, 7) is 1.62. The topological polar surface area (TPSA) is 70.2 Å². The van der Waals surface area contributed by atoms with Crippen LogP contribution in [0.2, 0.25) is 0 Å². The van der Waals surface area contributed by atoms with Gasteiger partial charge < -0.3 is 16.0 Å². The summed E-state index contributed by atoms with van der Waals surface area (Å²) in [5, 5.41) is 10.9. The molecule has 5 nitrogen and oxygen atoms in total. The fourth-order valence-corrected chi connectivity index (χ4v) is 2.60. The Morgan fingerprint density at radius 2 is 1.44 bits per heavy atom. The van der Waals surface area contributed by atoms with E-state index in [1.165, 1.54) is 6.92 Å². The van der Waals surface area contributed by atoms with Gasteiger partial charge in [-0.15, -0.1) is 0 Å². The Kier molecular flexibility index (Phi) is 4.95. The van der Waals surface area contributed by atoms with E-state index in [1.807, 2.05) is 42.5 Å². The molecule has 0 aliphatic rings. The first-order valence-corrected chi connectivity index (χ1v) is 8.01. The smallest absolute Gasteiger partial charge is 0.243 e. The maximum absolute atomic E-state index is 12.1. The first kappa shape index (κ1) is 16.5. The molecular weight excluding hydrogens is 314 g/mol. The van der Waals surface area contributed by atoms with E-state index < -0.39 is 0 Å². The molecule has 25 heavy (non-hydrogen) atoms. The highest BCUT2D eigenvalue weighted by Crippen LogP contribution is 2.22. The molecule has 0 aliphatic carbocycles. The van der Waals surface area contributed by atoms with Crippen molar-refractivity contribution in [2.24, 2.45) is 0 Å². The Labute approximate surface area is 146 Å². The molecule has 0 aromatic heterocycles. The monoisotopic (exact) mass is 333 g/mol. The Hall–Kier alpha value is -3.34. The Morgan fingerprint density at radius 3 is 2.16 bits per heavy atom. The van der Waals surface area contributed by atoms with Crippen molar-refractivity contribution in [2.75, 3.05) is 22.5 Å². The average Bonchev–Trinajstić information content (AvgIpc) is 2.61. The third kappa shape index (κ3) is 4.35. The maximum atomic E-state index is 12.1. The minimum Gasteiger partial charge on any atom is -0.376 e. The second-order valence-electron chi connectivity index (χ2n) is 5.69. The summed E-state index contributed by atoms with van der Waals surface area (Å²) in [6, 6.07) is 21.0. The van der Waals surface area contributed by atoms with Crippen LogP contribution >= 0.6 is 0 Å². The Balaban J connectivity index is 1.60. The minimum atomic E-state index is -0.139. The number of anilines is 3. The van der Waals surface area contributed by atoms with Gasteiger partial charge in [0, 0.05) is 29.4 Å². The molecule has 0 saturated heterocycles. The molecule has 3 aromatic rings. The van der Waals surface area contributed by atoms with E-state index in [0.717, 1.165) is 16.5 Å². The van der Waals surface area contributed by atoms with Crippen LogP contribution in [0.1, 0.15) is 6.92 Å². The Morgan fingerprint density at radius 1 is 0.800 bits per heavy atom. The van der Waals surface area contributed by atoms with Crippen LogP contribution in [-0.2, 0) is 9.59 Å². The highest BCUT2D eigenvalue weighted by atomic mass is 16.2. The van der Waals surface area contributed by atoms with E-state index in [0.29, 0.717) is 11.4 Å². The fraction of sp³-hybridized carbons (Fsp3) is 0.100. The highest BCUT2D eigenvalue weighted by molar-refractivity contribution is 5.98. The molecule has 0 heterocycles. The van der Waals surface area contributed by atoms with Gasteiger partial charge in [-0.1, -0.05) is 36.4 Å². The molecule has 0 bridgehead atoms. The number of carbonyl (C=O) groups is 2. The van der Waals surface area contributed by atoms with Crippen LogP contribution in [0.4, 0.5) is 17.1 Å². The van der Waals surface area contributed by atoms with Crippen molar-refractivity contribution in [1.29, 1.82) is 0 Å². The molecule has 0 spiro atoms. The predicted molar refractivity (Wildman–Crippen MR) is 102 cm³/mol. The summed E-state index contributed by atoms with van der Waals surface area (Å²) in [5.41, 5.74) is 2.30. The first-order chi connectivity index (χ1) is 12.1. The largest absolute Gasteiger partial charge is 0.376 e. The molecule has 126 valence electrons. The van der Waals surface area contributed by atoms with Crippen LogP contribution in [-0.4, -0.2) is 18.4 Å². The summed E-state index contributed by atoms with van der Waals surface area (Å²) >= 11 is 0. The van der Waals surface area contributed by atoms with E-state index in [-0.39, 0.29) is 18.4 Å². The molecule has 2 amide bonds. The van der Waals surface area contributed by atoms with Gasteiger partial charge in [0.1, 0.15) is 0 Å². The molecule has 5 heteroatoms. The predicted octanol–water partition coefficient (Wildman–Crippen LogP) is 3.85. The molecule has 3 rings (SSSR count). The SMILES string of the molecule is CC(=O)Nc1ccc(NC(=O)CNc2cccc3ccccc23)cc1. The van der Waals surface area contributed by atoms with Gasteiger partial charge in [-0.3, -0.25) is 9.59 Å². The van der Waals surface area contributed by atoms with E-state index in [2.05, 4.69) is 16.0 Å². The molecule has 0 unspecified atom stereocenters. The normalized spacial score (nSPS) is 10.3. The van der Waals surface area contributed by atoms with Gasteiger partial charge in [0.25, 0.3) is 0 Å². The van der Waals surface area contributed by atoms with Crippen LogP contribution in [0, 0.1) is 0 Å². The Bertz CT molecular complexity index is 899. The number of fused-ring (bicyclic) bond motifs is 1. The van der Waals surface area contributed by atoms with Gasteiger partial charge in [-0.2, -0.15) is 0 Å². The van der Waals surface area contributed by atoms with Crippen LogP contribution in [0.5, 0.6) is 0 Å². The zero-order valence-electron chi connectivity index (χ0n) is 13.9. The molecule has 0 fully saturated rings. The second-order valence-corrected chi connectivity index (χ2v) is 5.69. The van der Waals surface area contributed by atoms with Gasteiger partial charge >= 0.3 is 0 Å². The lowest BCUT2D eigenvalue weighted by molar-refractivity contribution is -0.115. The van der Waals surface area contributed by atoms with Crippen LogP contribution < -0.4 is 16.0 Å². The number of carbonyl (C=O) groups excluding carboxylic acids is 2. The van der Waals surface area contributed by atoms with Crippen LogP contribution in [0.25, 0.3) is 10.8 Å². The summed E-state index contributed by atoms with van der Waals surface area (Å²) in [4.78, 5) is 23.1. The van der Waals surface area contributed by atoms with E-state index in [4.69, 9.17) is 0 Å². The highest BCUT2D eigenvalue weighted by Gasteiger charge is 2.05. The zero-order chi connectivity index (χ0) is 17.6. The van der Waals surface area contributed by atoms with E-state index in [9.17, 15) is 9.59 Å². The lowest BCUT2D eigenvalue weighted by atomic mass is 10.1. The number of amides is 2. The molecule has 0 saturated carbocycles. The molecule has 3 aromatic carbocycles. The van der Waals surface area contributed by atoms with Gasteiger partial charge in [0.05, 0.1) is 6.54 Å². The van der Waals surface area contributed by atoms with Crippen molar-refractivity contribution in [3.63, 3.8) is 0 Å². The van der Waals surface area contributed by atoms with Crippen molar-refractivity contribution < 1.29 is 9.59 Å². The lowest BCUT2D eigenvalue weighted by Gasteiger charge is -2.11. The van der Waals surface area contributed by atoms with Gasteiger partial charge in [-0.05, 0) is 35.7 Å². The third-order valence-corrected chi connectivity index (χ3v) is 3.72. The fourth-order valence-electron chi connectivity index (χ4n) is 2.60. The summed E-state index contributed by atoms with van der Waals surface area (Å²) in [7, 11) is 0. The first-order valence-electron chi connectivity index (χ1n) is 8.01. The average molecular weight is 333 g/mol. The molecule has 0 atom stereocenters. The molecular formula is C20H19N3O2. The minimum absolute atomic E-state index is 0.129. The summed E-state index contributed by atoms with van der Waals surface area (Å²) in [5.74, 6) is -0.267. The van der Waals surface area contributed by atoms with E-state index >= 15 is 0 Å². The molecule has 3 N–H and O–H groups in total. The zero-order valence-corrected chi connectivity index (χ0v) is 13.9. The standard InChI is InChI=1S/C20H19N3O2/c1-14(24)22-16-9-11-17(12-10-16)23-20(25)13-21-19-8-4-6-15-5-2-3-7-18(15)19/h2-12,21H,13H2,1H3,(H,22,24)(H,23,25). The number of hydrogen-bond donors (Lipinski definition) is 3. The van der Waals surface area contributed by atoms with Crippen molar-refractivity contribution >= 4 is 39.6 Å². The van der Waals surface area contributed by atoms with Crippen molar-refractivity contribution in [3.05, 3.63) is 66.7 Å². The lowest BCUT2D eigenvalue weighted by Crippen LogP contribution is -2.21. The number of rotatable bonds is 5.